The van der Waals surface area contributed by atoms with Crippen molar-refractivity contribution in [2.45, 2.75) is 39.2 Å². The summed E-state index contributed by atoms with van der Waals surface area (Å²) in [5, 5.41) is 5.63. The number of hydrogen-bond acceptors (Lipinski definition) is 6. The van der Waals surface area contributed by atoms with E-state index in [-0.39, 0.29) is 30.7 Å². The summed E-state index contributed by atoms with van der Waals surface area (Å²) in [6, 6.07) is 16.8. The van der Waals surface area contributed by atoms with Crippen LogP contribution < -0.4 is 15.4 Å². The van der Waals surface area contributed by atoms with Gasteiger partial charge in [-0.25, -0.2) is 0 Å². The number of carbonyl (C=O) groups excluding carboxylic acids is 3. The van der Waals surface area contributed by atoms with Crippen molar-refractivity contribution in [2.75, 3.05) is 38.2 Å². The molecule has 1 unspecified atom stereocenters. The van der Waals surface area contributed by atoms with Crippen LogP contribution in [0.25, 0.3) is 0 Å². The summed E-state index contributed by atoms with van der Waals surface area (Å²) in [7, 11) is 0. The van der Waals surface area contributed by atoms with Crippen molar-refractivity contribution in [3.63, 3.8) is 0 Å². The normalized spacial score (nSPS) is 16.0. The zero-order chi connectivity index (χ0) is 25.0. The zero-order valence-corrected chi connectivity index (χ0v) is 20.5. The van der Waals surface area contributed by atoms with Crippen LogP contribution in [0.1, 0.15) is 32.3 Å². The fraction of sp³-hybridized carbons (Fsp3) is 0.444. The van der Waals surface area contributed by atoms with Crippen LogP contribution in [0.2, 0.25) is 0 Å². The number of esters is 1. The van der Waals surface area contributed by atoms with Crippen LogP contribution >= 0.6 is 0 Å². The number of ether oxygens (including phenoxy) is 2. The first-order chi connectivity index (χ1) is 16.9. The van der Waals surface area contributed by atoms with Crippen molar-refractivity contribution < 1.29 is 23.9 Å². The van der Waals surface area contributed by atoms with Gasteiger partial charge in [0.25, 0.3) is 0 Å². The second kappa shape index (κ2) is 13.5. The first-order valence-electron chi connectivity index (χ1n) is 12.1. The predicted octanol–water partition coefficient (Wildman–Crippen LogP) is 3.03. The Morgan fingerprint density at radius 2 is 1.94 bits per heavy atom. The maximum atomic E-state index is 12.7. The Hall–Kier alpha value is -3.39. The third-order valence-electron chi connectivity index (χ3n) is 5.57. The molecule has 0 bridgehead atoms. The van der Waals surface area contributed by atoms with Gasteiger partial charge in [-0.05, 0) is 36.5 Å². The van der Waals surface area contributed by atoms with Gasteiger partial charge in [0.15, 0.2) is 0 Å². The Kier molecular flexibility index (Phi) is 10.1. The summed E-state index contributed by atoms with van der Waals surface area (Å²) in [5.41, 5.74) is 1.89. The number of carbonyl (C=O) groups is 3. The zero-order valence-electron chi connectivity index (χ0n) is 20.5. The van der Waals surface area contributed by atoms with Gasteiger partial charge in [0, 0.05) is 24.8 Å². The first kappa shape index (κ1) is 26.2. The summed E-state index contributed by atoms with van der Waals surface area (Å²) >= 11 is 0. The summed E-state index contributed by atoms with van der Waals surface area (Å²) < 4.78 is 11.1. The van der Waals surface area contributed by atoms with Gasteiger partial charge in [-0.2, -0.15) is 0 Å². The second-order valence-corrected chi connectivity index (χ2v) is 9.07. The minimum atomic E-state index is -0.728. The molecule has 2 aromatic carbocycles. The van der Waals surface area contributed by atoms with Crippen molar-refractivity contribution in [3.8, 4) is 5.75 Å². The molecule has 1 atom stereocenters. The molecule has 188 valence electrons. The molecule has 0 saturated carbocycles. The maximum Gasteiger partial charge on any atom is 0.307 e. The lowest BCUT2D eigenvalue weighted by Gasteiger charge is -2.33. The van der Waals surface area contributed by atoms with E-state index in [0.29, 0.717) is 37.7 Å². The Bertz CT molecular complexity index is 980. The molecule has 0 spiro atoms. The van der Waals surface area contributed by atoms with Crippen LogP contribution in [0.15, 0.2) is 54.6 Å². The number of piperazine rings is 1. The molecule has 0 aromatic heterocycles. The average molecular weight is 482 g/mol. The molecule has 1 fully saturated rings. The number of nitrogens with one attached hydrogen (secondary N) is 2. The van der Waals surface area contributed by atoms with E-state index < -0.39 is 12.0 Å². The summed E-state index contributed by atoms with van der Waals surface area (Å²) in [5.74, 6) is -0.0789. The van der Waals surface area contributed by atoms with Crippen LogP contribution in [0.5, 0.6) is 5.75 Å². The Labute approximate surface area is 207 Å². The standard InChI is InChI=1S/C27H35N3O5/c1-20(2)19-35-26(32)17-24-27(33)28-13-14-30(24)18-25(31)29-22-11-6-12-23(16-22)34-15-7-10-21-8-4-3-5-9-21/h3-6,8-9,11-12,16,20,24H,7,10,13-15,17-19H2,1-2H3,(H,28,33)(H,29,31). The molecule has 0 radical (unpaired) electrons. The Balaban J connectivity index is 1.48. The van der Waals surface area contributed by atoms with Gasteiger partial charge in [-0.1, -0.05) is 50.2 Å². The third kappa shape index (κ3) is 9.05. The van der Waals surface area contributed by atoms with E-state index in [2.05, 4.69) is 22.8 Å². The van der Waals surface area contributed by atoms with Crippen LogP contribution in [-0.2, 0) is 25.5 Å². The molecule has 0 aliphatic carbocycles. The van der Waals surface area contributed by atoms with Crippen molar-refractivity contribution in [2.24, 2.45) is 5.92 Å². The first-order valence-corrected chi connectivity index (χ1v) is 12.1. The molecule has 8 heteroatoms. The van der Waals surface area contributed by atoms with Crippen LogP contribution in [0, 0.1) is 5.92 Å². The molecular formula is C27H35N3O5. The van der Waals surface area contributed by atoms with Crippen LogP contribution in [-0.4, -0.2) is 61.6 Å². The number of anilines is 1. The van der Waals surface area contributed by atoms with Crippen LogP contribution in [0.3, 0.4) is 0 Å². The Morgan fingerprint density at radius 3 is 2.71 bits per heavy atom. The molecule has 3 rings (SSSR count). The Morgan fingerprint density at radius 1 is 1.14 bits per heavy atom. The van der Waals surface area contributed by atoms with Gasteiger partial charge in [0.05, 0.1) is 26.2 Å². The molecule has 8 nitrogen and oxygen atoms in total. The quantitative estimate of drug-likeness (QED) is 0.357. The molecule has 1 heterocycles. The van der Waals surface area contributed by atoms with E-state index in [1.165, 1.54) is 5.56 Å². The predicted molar refractivity (Wildman–Crippen MR) is 134 cm³/mol. The van der Waals surface area contributed by atoms with Crippen molar-refractivity contribution >= 4 is 23.5 Å². The fourth-order valence-corrected chi connectivity index (χ4v) is 3.81. The summed E-state index contributed by atoms with van der Waals surface area (Å²) in [6.45, 7) is 5.67. The summed E-state index contributed by atoms with van der Waals surface area (Å²) in [6.07, 6.45) is 1.74. The van der Waals surface area contributed by atoms with Gasteiger partial charge in [-0.3, -0.25) is 19.3 Å². The topological polar surface area (TPSA) is 97.0 Å². The smallest absolute Gasteiger partial charge is 0.307 e. The van der Waals surface area contributed by atoms with Gasteiger partial charge < -0.3 is 20.1 Å². The minimum absolute atomic E-state index is 0.00227. The number of nitrogens with zero attached hydrogens (tertiary/aromatic N) is 1. The molecule has 1 aliphatic rings. The average Bonchev–Trinajstić information content (AvgIpc) is 2.83. The molecule has 1 saturated heterocycles. The van der Waals surface area contributed by atoms with Gasteiger partial charge >= 0.3 is 5.97 Å². The fourth-order valence-electron chi connectivity index (χ4n) is 3.81. The van der Waals surface area contributed by atoms with E-state index in [1.807, 2.05) is 44.2 Å². The summed E-state index contributed by atoms with van der Waals surface area (Å²) in [4.78, 5) is 39.0. The largest absolute Gasteiger partial charge is 0.494 e. The van der Waals surface area contributed by atoms with Crippen molar-refractivity contribution in [1.82, 2.24) is 10.2 Å². The molecular weight excluding hydrogens is 446 g/mol. The van der Waals surface area contributed by atoms with Crippen molar-refractivity contribution in [1.29, 1.82) is 0 Å². The lowest BCUT2D eigenvalue weighted by molar-refractivity contribution is -0.149. The monoisotopic (exact) mass is 481 g/mol. The molecule has 1 aliphatic heterocycles. The number of amides is 2. The highest BCUT2D eigenvalue weighted by molar-refractivity contribution is 5.93. The highest BCUT2D eigenvalue weighted by atomic mass is 16.5. The number of rotatable bonds is 12. The van der Waals surface area contributed by atoms with Gasteiger partial charge in [0.1, 0.15) is 11.8 Å². The maximum absolute atomic E-state index is 12.7. The number of hydrogen-bond donors (Lipinski definition) is 2. The lowest BCUT2D eigenvalue weighted by Crippen LogP contribution is -2.57. The molecule has 35 heavy (non-hydrogen) atoms. The van der Waals surface area contributed by atoms with E-state index in [0.717, 1.165) is 12.8 Å². The highest BCUT2D eigenvalue weighted by Gasteiger charge is 2.33. The number of aryl methyl sites for hydroxylation is 1. The number of benzene rings is 2. The molecule has 2 aromatic rings. The van der Waals surface area contributed by atoms with E-state index in [9.17, 15) is 14.4 Å². The van der Waals surface area contributed by atoms with Crippen molar-refractivity contribution in [3.05, 3.63) is 60.2 Å². The SMILES string of the molecule is CC(C)COC(=O)CC1C(=O)NCCN1CC(=O)Nc1cccc(OCCCc2ccccc2)c1. The molecule has 2 amide bonds. The van der Waals surface area contributed by atoms with E-state index >= 15 is 0 Å². The van der Waals surface area contributed by atoms with Crippen LogP contribution in [0.4, 0.5) is 5.69 Å². The lowest BCUT2D eigenvalue weighted by atomic mass is 10.1. The molecule has 2 N–H and O–H groups in total. The second-order valence-electron chi connectivity index (χ2n) is 9.07. The van der Waals surface area contributed by atoms with Gasteiger partial charge in [0.2, 0.25) is 11.8 Å². The van der Waals surface area contributed by atoms with E-state index in [4.69, 9.17) is 9.47 Å². The minimum Gasteiger partial charge on any atom is -0.494 e. The third-order valence-corrected chi connectivity index (χ3v) is 5.57. The highest BCUT2D eigenvalue weighted by Crippen LogP contribution is 2.18. The van der Waals surface area contributed by atoms with Gasteiger partial charge in [-0.15, -0.1) is 0 Å². The van der Waals surface area contributed by atoms with E-state index in [1.54, 1.807) is 17.0 Å².